The Morgan fingerprint density at radius 3 is 2.94 bits per heavy atom. The van der Waals surface area contributed by atoms with Crippen molar-refractivity contribution >= 4 is 18.2 Å². The molecule has 0 saturated carbocycles. The number of anilines is 1. The first-order valence-corrected chi connectivity index (χ1v) is 4.68. The molecule has 0 aliphatic rings. The van der Waals surface area contributed by atoms with Gasteiger partial charge in [-0.2, -0.15) is 0 Å². The van der Waals surface area contributed by atoms with Crippen molar-refractivity contribution < 1.29 is 24.5 Å². The molecule has 0 bridgehead atoms. The van der Waals surface area contributed by atoms with Crippen LogP contribution in [-0.2, 0) is 20.1 Å². The molecule has 8 nitrogen and oxygen atoms in total. The summed E-state index contributed by atoms with van der Waals surface area (Å²) >= 11 is 0. The molecule has 0 aliphatic heterocycles. The van der Waals surface area contributed by atoms with Crippen LogP contribution in [0, 0.1) is 0 Å². The quantitative estimate of drug-likeness (QED) is 0.334. The van der Waals surface area contributed by atoms with E-state index in [1.165, 1.54) is 13.0 Å². The first-order valence-electron chi connectivity index (χ1n) is 4.68. The number of aliphatic hydroxyl groups is 2. The summed E-state index contributed by atoms with van der Waals surface area (Å²) < 4.78 is 4.45. The van der Waals surface area contributed by atoms with E-state index in [9.17, 15) is 19.8 Å². The molecule has 0 atom stereocenters. The fourth-order valence-corrected chi connectivity index (χ4v) is 0.990. The zero-order valence-corrected chi connectivity index (χ0v) is 8.95. The molecule has 8 heteroatoms. The second kappa shape index (κ2) is 5.32. The topological polar surface area (TPSA) is 122 Å². The minimum absolute atomic E-state index is 0.0199. The molecular weight excluding hydrogens is 230 g/mol. The van der Waals surface area contributed by atoms with Crippen LogP contribution in [0.4, 0.5) is 5.82 Å². The summed E-state index contributed by atoms with van der Waals surface area (Å²) in [5.41, 5.74) is 0. The molecule has 1 heterocycles. The molecule has 0 saturated heterocycles. The van der Waals surface area contributed by atoms with Gasteiger partial charge in [-0.3, -0.25) is 4.79 Å². The highest BCUT2D eigenvalue weighted by Crippen LogP contribution is 2.16. The lowest BCUT2D eigenvalue weighted by molar-refractivity contribution is -0.216. The van der Waals surface area contributed by atoms with Crippen molar-refractivity contribution in [3.8, 4) is 0 Å². The van der Waals surface area contributed by atoms with E-state index in [1.54, 1.807) is 0 Å². The van der Waals surface area contributed by atoms with Crippen molar-refractivity contribution in [2.24, 2.45) is 0 Å². The van der Waals surface area contributed by atoms with Crippen molar-refractivity contribution in [1.29, 1.82) is 0 Å². The van der Waals surface area contributed by atoms with Crippen molar-refractivity contribution in [3.05, 3.63) is 18.1 Å². The van der Waals surface area contributed by atoms with E-state index in [0.717, 1.165) is 6.20 Å². The standard InChI is InChI=1S/C9H11N3O5/c1-2-17-8(14)9(15,16)7-10-4-3-6(12-7)11-5-13/h3-5,15-16H,2H2,1H3,(H,10,11,12,13). The van der Waals surface area contributed by atoms with Gasteiger partial charge in [0, 0.05) is 6.20 Å². The van der Waals surface area contributed by atoms with Gasteiger partial charge in [0.25, 0.3) is 0 Å². The molecule has 0 radical (unpaired) electrons. The van der Waals surface area contributed by atoms with E-state index in [4.69, 9.17) is 0 Å². The average Bonchev–Trinajstić information content (AvgIpc) is 2.30. The van der Waals surface area contributed by atoms with Crippen molar-refractivity contribution in [1.82, 2.24) is 9.97 Å². The predicted octanol–water partition coefficient (Wildman–Crippen LogP) is -1.25. The van der Waals surface area contributed by atoms with Gasteiger partial charge in [-0.25, -0.2) is 14.8 Å². The number of esters is 1. The van der Waals surface area contributed by atoms with Crippen LogP contribution in [0.2, 0.25) is 0 Å². The van der Waals surface area contributed by atoms with E-state index in [0.29, 0.717) is 6.41 Å². The summed E-state index contributed by atoms with van der Waals surface area (Å²) in [5, 5.41) is 21.2. The fraction of sp³-hybridized carbons (Fsp3) is 0.333. The second-order valence-corrected chi connectivity index (χ2v) is 2.92. The zero-order valence-electron chi connectivity index (χ0n) is 8.95. The molecule has 0 unspecified atom stereocenters. The van der Waals surface area contributed by atoms with E-state index >= 15 is 0 Å². The van der Waals surface area contributed by atoms with Crippen LogP contribution in [0.25, 0.3) is 0 Å². The molecule has 0 aliphatic carbocycles. The largest absolute Gasteiger partial charge is 0.462 e. The van der Waals surface area contributed by atoms with E-state index in [1.807, 2.05) is 0 Å². The van der Waals surface area contributed by atoms with Crippen LogP contribution < -0.4 is 5.32 Å². The number of amides is 1. The molecular formula is C9H11N3O5. The van der Waals surface area contributed by atoms with Crippen LogP contribution in [0.15, 0.2) is 12.3 Å². The van der Waals surface area contributed by atoms with Gasteiger partial charge < -0.3 is 20.3 Å². The van der Waals surface area contributed by atoms with Gasteiger partial charge >= 0.3 is 11.8 Å². The summed E-state index contributed by atoms with van der Waals surface area (Å²) in [6.07, 6.45) is 1.52. The Balaban J connectivity index is 3.01. The summed E-state index contributed by atoms with van der Waals surface area (Å²) in [6.45, 7) is 1.49. The first-order chi connectivity index (χ1) is 8.02. The van der Waals surface area contributed by atoms with Crippen LogP contribution in [-0.4, -0.2) is 39.2 Å². The summed E-state index contributed by atoms with van der Waals surface area (Å²) in [6, 6.07) is 1.32. The minimum atomic E-state index is -2.95. The number of carbonyl (C=O) groups excluding carboxylic acids is 2. The van der Waals surface area contributed by atoms with Crippen LogP contribution in [0.3, 0.4) is 0 Å². The van der Waals surface area contributed by atoms with Crippen LogP contribution in [0.1, 0.15) is 12.7 Å². The normalized spacial score (nSPS) is 10.8. The number of hydrogen-bond donors (Lipinski definition) is 3. The molecule has 0 aromatic carbocycles. The lowest BCUT2D eigenvalue weighted by Gasteiger charge is -2.17. The fourth-order valence-electron chi connectivity index (χ4n) is 0.990. The molecule has 1 aromatic heterocycles. The van der Waals surface area contributed by atoms with Gasteiger partial charge in [-0.05, 0) is 13.0 Å². The highest BCUT2D eigenvalue weighted by atomic mass is 16.6. The number of aromatic nitrogens is 2. The number of carbonyl (C=O) groups is 2. The third kappa shape index (κ3) is 2.95. The average molecular weight is 241 g/mol. The smallest absolute Gasteiger partial charge is 0.375 e. The molecule has 3 N–H and O–H groups in total. The van der Waals surface area contributed by atoms with E-state index in [-0.39, 0.29) is 12.4 Å². The third-order valence-electron chi connectivity index (χ3n) is 1.73. The summed E-state index contributed by atoms with van der Waals surface area (Å²) in [4.78, 5) is 28.5. The maximum atomic E-state index is 11.2. The lowest BCUT2D eigenvalue weighted by atomic mass is 10.2. The molecule has 92 valence electrons. The van der Waals surface area contributed by atoms with Crippen molar-refractivity contribution in [3.63, 3.8) is 0 Å². The van der Waals surface area contributed by atoms with Gasteiger partial charge in [-0.15, -0.1) is 0 Å². The lowest BCUT2D eigenvalue weighted by Crippen LogP contribution is -2.39. The Morgan fingerprint density at radius 2 is 2.35 bits per heavy atom. The molecule has 1 rings (SSSR count). The molecule has 0 fully saturated rings. The number of nitrogens with one attached hydrogen (secondary N) is 1. The summed E-state index contributed by atoms with van der Waals surface area (Å²) in [7, 11) is 0. The number of nitrogens with zero attached hydrogens (tertiary/aromatic N) is 2. The monoisotopic (exact) mass is 241 g/mol. The highest BCUT2D eigenvalue weighted by molar-refractivity contribution is 5.78. The van der Waals surface area contributed by atoms with Crippen LogP contribution >= 0.6 is 0 Å². The Hall–Kier alpha value is -2.06. The molecule has 17 heavy (non-hydrogen) atoms. The van der Waals surface area contributed by atoms with Crippen molar-refractivity contribution in [2.45, 2.75) is 12.7 Å². The Kier molecular flexibility index (Phi) is 4.07. The van der Waals surface area contributed by atoms with Gasteiger partial charge in [0.1, 0.15) is 5.82 Å². The van der Waals surface area contributed by atoms with Gasteiger partial charge in [-0.1, -0.05) is 0 Å². The number of rotatable bonds is 5. The van der Waals surface area contributed by atoms with Gasteiger partial charge in [0.15, 0.2) is 0 Å². The Labute approximate surface area is 96.3 Å². The zero-order chi connectivity index (χ0) is 12.9. The summed E-state index contributed by atoms with van der Waals surface area (Å²) in [5.74, 6) is -4.79. The van der Waals surface area contributed by atoms with Crippen molar-refractivity contribution in [2.75, 3.05) is 11.9 Å². The third-order valence-corrected chi connectivity index (χ3v) is 1.73. The van der Waals surface area contributed by atoms with E-state index < -0.39 is 17.6 Å². The molecule has 1 amide bonds. The Morgan fingerprint density at radius 1 is 1.65 bits per heavy atom. The molecule has 0 spiro atoms. The van der Waals surface area contributed by atoms with Crippen LogP contribution in [0.5, 0.6) is 0 Å². The number of ether oxygens (including phenoxy) is 1. The number of hydrogen-bond acceptors (Lipinski definition) is 7. The maximum Gasteiger partial charge on any atom is 0.375 e. The van der Waals surface area contributed by atoms with Gasteiger partial charge in [0.05, 0.1) is 6.61 Å². The second-order valence-electron chi connectivity index (χ2n) is 2.92. The predicted molar refractivity (Wildman–Crippen MR) is 54.5 cm³/mol. The highest BCUT2D eigenvalue weighted by Gasteiger charge is 2.40. The van der Waals surface area contributed by atoms with Gasteiger partial charge in [0.2, 0.25) is 12.2 Å². The SMILES string of the molecule is CCOC(=O)C(O)(O)c1nccc(NC=O)n1. The molecule has 1 aromatic rings. The Bertz CT molecular complexity index is 421. The maximum absolute atomic E-state index is 11.2. The van der Waals surface area contributed by atoms with E-state index in [2.05, 4.69) is 20.0 Å². The first kappa shape index (κ1) is 13.0. The minimum Gasteiger partial charge on any atom is -0.462 e.